The van der Waals surface area contributed by atoms with Crippen LogP contribution in [0.2, 0.25) is 5.02 Å². The molecule has 0 aliphatic heterocycles. The number of nitrogen functional groups attached to an aromatic ring is 1. The van der Waals surface area contributed by atoms with E-state index < -0.39 is 11.7 Å². The molecule has 24 heavy (non-hydrogen) atoms. The van der Waals surface area contributed by atoms with Gasteiger partial charge in [0.05, 0.1) is 17.3 Å². The molecule has 0 amide bonds. The molecule has 2 aromatic heterocycles. The number of anilines is 2. The number of hydrogen-bond acceptors (Lipinski definition) is 8. The van der Waals surface area contributed by atoms with Crippen molar-refractivity contribution >= 4 is 29.1 Å². The average molecular weight is 353 g/mol. The summed E-state index contributed by atoms with van der Waals surface area (Å²) in [6, 6.07) is 3.47. The minimum Gasteiger partial charge on any atom is -0.368 e. The second-order valence-electron chi connectivity index (χ2n) is 4.59. The molecule has 0 atom stereocenters. The molecule has 0 saturated heterocycles. The zero-order valence-corrected chi connectivity index (χ0v) is 12.6. The largest absolute Gasteiger partial charge is 0.368 e. The minimum absolute atomic E-state index is 0.0328. The number of aromatic nitrogens is 5. The Balaban J connectivity index is 1.86. The van der Waals surface area contributed by atoms with Crippen LogP contribution in [0, 0.1) is 11.2 Å². The van der Waals surface area contributed by atoms with Crippen molar-refractivity contribution in [1.29, 1.82) is 5.41 Å². The second kappa shape index (κ2) is 6.22. The van der Waals surface area contributed by atoms with Crippen molar-refractivity contribution in [3.63, 3.8) is 0 Å². The predicted molar refractivity (Wildman–Crippen MR) is 80.3 cm³/mol. The second-order valence-corrected chi connectivity index (χ2v) is 5.00. The van der Waals surface area contributed by atoms with Crippen LogP contribution in [0.25, 0.3) is 0 Å². The van der Waals surface area contributed by atoms with Gasteiger partial charge in [-0.2, -0.15) is 5.10 Å². The van der Waals surface area contributed by atoms with Crippen LogP contribution in [0.4, 0.5) is 16.0 Å². The van der Waals surface area contributed by atoms with Gasteiger partial charge in [0, 0.05) is 0 Å². The summed E-state index contributed by atoms with van der Waals surface area (Å²) in [6.45, 7) is 0.0328. The SMILES string of the molecule is N=C(c1nonc1Cn1ncnc1N)N(O)c1ccc(F)c(Cl)c1. The number of hydrogen-bond donors (Lipinski definition) is 3. The van der Waals surface area contributed by atoms with Crippen molar-refractivity contribution in [2.24, 2.45) is 0 Å². The highest BCUT2D eigenvalue weighted by Crippen LogP contribution is 2.23. The van der Waals surface area contributed by atoms with Crippen LogP contribution in [0.5, 0.6) is 0 Å². The Morgan fingerprint density at radius 2 is 2.25 bits per heavy atom. The van der Waals surface area contributed by atoms with Crippen molar-refractivity contribution in [3.05, 3.63) is 46.8 Å². The van der Waals surface area contributed by atoms with Crippen LogP contribution in [0.3, 0.4) is 0 Å². The Bertz CT molecular complexity index is 895. The molecule has 3 aromatic rings. The molecule has 10 nitrogen and oxygen atoms in total. The Labute approximate surface area is 138 Å². The Hall–Kier alpha value is -3.05. The molecule has 3 rings (SSSR count). The van der Waals surface area contributed by atoms with Gasteiger partial charge in [-0.05, 0) is 23.4 Å². The number of nitrogens with two attached hydrogens (primary N) is 1. The summed E-state index contributed by atoms with van der Waals surface area (Å²) in [5, 5.41) is 29.6. The van der Waals surface area contributed by atoms with Gasteiger partial charge >= 0.3 is 0 Å². The van der Waals surface area contributed by atoms with Gasteiger partial charge in [-0.15, -0.1) is 0 Å². The molecule has 0 fully saturated rings. The number of nitrogens with one attached hydrogen (secondary N) is 1. The summed E-state index contributed by atoms with van der Waals surface area (Å²) in [5.41, 5.74) is 5.83. The third-order valence-electron chi connectivity index (χ3n) is 3.09. The van der Waals surface area contributed by atoms with Crippen LogP contribution in [0.15, 0.2) is 29.2 Å². The predicted octanol–water partition coefficient (Wildman–Crippen LogP) is 1.31. The molecule has 0 spiro atoms. The number of halogens is 2. The molecular weight excluding hydrogens is 343 g/mol. The molecule has 0 aliphatic rings. The molecule has 124 valence electrons. The number of rotatable bonds is 4. The van der Waals surface area contributed by atoms with Gasteiger partial charge in [0.1, 0.15) is 17.8 Å². The topological polar surface area (TPSA) is 143 Å². The lowest BCUT2D eigenvalue weighted by Gasteiger charge is -2.16. The van der Waals surface area contributed by atoms with E-state index in [2.05, 4.69) is 25.0 Å². The summed E-state index contributed by atoms with van der Waals surface area (Å²) < 4.78 is 19.1. The first-order valence-electron chi connectivity index (χ1n) is 6.45. The van der Waals surface area contributed by atoms with Crippen LogP contribution in [-0.4, -0.2) is 36.1 Å². The van der Waals surface area contributed by atoms with Crippen LogP contribution < -0.4 is 10.8 Å². The first-order chi connectivity index (χ1) is 11.5. The normalized spacial score (nSPS) is 10.8. The van der Waals surface area contributed by atoms with E-state index in [0.717, 1.165) is 12.1 Å². The fraction of sp³-hybridized carbons (Fsp3) is 0.0833. The Kier molecular flexibility index (Phi) is 4.10. The molecular formula is C12H10ClFN8O2. The van der Waals surface area contributed by atoms with E-state index in [4.69, 9.17) is 22.7 Å². The summed E-state index contributed by atoms with van der Waals surface area (Å²) in [7, 11) is 0. The molecule has 0 unspecified atom stereocenters. The quantitative estimate of drug-likeness (QED) is 0.362. The Morgan fingerprint density at radius 1 is 1.46 bits per heavy atom. The lowest BCUT2D eigenvalue weighted by molar-refractivity contribution is 0.297. The van der Waals surface area contributed by atoms with Gasteiger partial charge < -0.3 is 5.73 Å². The zero-order valence-electron chi connectivity index (χ0n) is 11.9. The van der Waals surface area contributed by atoms with Crippen molar-refractivity contribution < 1.29 is 14.2 Å². The average Bonchev–Trinajstić information content (AvgIpc) is 3.19. The summed E-state index contributed by atoms with van der Waals surface area (Å²) >= 11 is 5.67. The molecule has 0 radical (unpaired) electrons. The number of hydroxylamine groups is 1. The fourth-order valence-corrected chi connectivity index (χ4v) is 2.05. The monoisotopic (exact) mass is 352 g/mol. The third-order valence-corrected chi connectivity index (χ3v) is 3.38. The summed E-state index contributed by atoms with van der Waals surface area (Å²) in [4.78, 5) is 3.76. The van der Waals surface area contributed by atoms with E-state index >= 15 is 0 Å². The van der Waals surface area contributed by atoms with Crippen molar-refractivity contribution in [2.75, 3.05) is 10.8 Å². The van der Waals surface area contributed by atoms with Crippen molar-refractivity contribution in [2.45, 2.75) is 6.54 Å². The fourth-order valence-electron chi connectivity index (χ4n) is 1.87. The minimum atomic E-state index is -0.647. The van der Waals surface area contributed by atoms with E-state index in [1.165, 1.54) is 17.1 Å². The highest BCUT2D eigenvalue weighted by molar-refractivity contribution is 6.31. The van der Waals surface area contributed by atoms with E-state index in [-0.39, 0.29) is 34.6 Å². The maximum absolute atomic E-state index is 13.2. The first-order valence-corrected chi connectivity index (χ1v) is 6.83. The third kappa shape index (κ3) is 2.89. The summed E-state index contributed by atoms with van der Waals surface area (Å²) in [6.07, 6.45) is 1.26. The molecule has 2 heterocycles. The number of nitrogens with zero attached hydrogens (tertiary/aromatic N) is 6. The van der Waals surface area contributed by atoms with Crippen LogP contribution >= 0.6 is 11.6 Å². The molecule has 12 heteroatoms. The van der Waals surface area contributed by atoms with Gasteiger partial charge in [0.25, 0.3) is 0 Å². The highest BCUT2D eigenvalue weighted by Gasteiger charge is 2.22. The number of amidine groups is 1. The lowest BCUT2D eigenvalue weighted by Crippen LogP contribution is -2.28. The van der Waals surface area contributed by atoms with Crippen LogP contribution in [-0.2, 0) is 6.54 Å². The first kappa shape index (κ1) is 15.8. The zero-order chi connectivity index (χ0) is 17.3. The van der Waals surface area contributed by atoms with Crippen molar-refractivity contribution in [3.8, 4) is 0 Å². The van der Waals surface area contributed by atoms with E-state index in [1.807, 2.05) is 0 Å². The van der Waals surface area contributed by atoms with Crippen molar-refractivity contribution in [1.82, 2.24) is 25.1 Å². The Morgan fingerprint density at radius 3 is 2.92 bits per heavy atom. The molecule has 0 aliphatic carbocycles. The smallest absolute Gasteiger partial charge is 0.218 e. The molecule has 0 bridgehead atoms. The maximum Gasteiger partial charge on any atom is 0.218 e. The molecule has 4 N–H and O–H groups in total. The van der Waals surface area contributed by atoms with E-state index in [9.17, 15) is 9.60 Å². The van der Waals surface area contributed by atoms with E-state index in [0.29, 0.717) is 5.06 Å². The van der Waals surface area contributed by atoms with Gasteiger partial charge in [0.2, 0.25) is 5.95 Å². The van der Waals surface area contributed by atoms with Gasteiger partial charge in [-0.25, -0.2) is 23.7 Å². The van der Waals surface area contributed by atoms with E-state index in [1.54, 1.807) is 0 Å². The van der Waals surface area contributed by atoms with Crippen LogP contribution in [0.1, 0.15) is 11.4 Å². The highest BCUT2D eigenvalue weighted by atomic mass is 35.5. The molecule has 1 aromatic carbocycles. The van der Waals surface area contributed by atoms with Gasteiger partial charge in [-0.1, -0.05) is 16.8 Å². The summed E-state index contributed by atoms with van der Waals surface area (Å²) in [5.74, 6) is -0.958. The molecule has 0 saturated carbocycles. The maximum atomic E-state index is 13.2. The number of benzene rings is 1. The van der Waals surface area contributed by atoms with Gasteiger partial charge in [0.15, 0.2) is 11.5 Å². The van der Waals surface area contributed by atoms with Gasteiger partial charge in [-0.3, -0.25) is 10.6 Å². The standard InChI is InChI=1S/C12H10ClFN8O2/c13-7-3-6(1-2-8(7)14)22(23)11(15)10-9(19-24-20-10)4-21-12(16)17-5-18-21/h1-3,5,15,23H,4H2,(H2,16,17,18). The lowest BCUT2D eigenvalue weighted by atomic mass is 10.2.